The van der Waals surface area contributed by atoms with E-state index in [9.17, 15) is 4.79 Å². The van der Waals surface area contributed by atoms with E-state index in [-0.39, 0.29) is 0 Å². The highest BCUT2D eigenvalue weighted by atomic mass is 16.1. The number of hydrogen-bond donors (Lipinski definition) is 1. The molecule has 1 aliphatic heterocycles. The molecule has 0 fully saturated rings. The van der Waals surface area contributed by atoms with Gasteiger partial charge in [0.15, 0.2) is 11.6 Å². The molecule has 0 radical (unpaired) electrons. The maximum absolute atomic E-state index is 9.65. The molecule has 1 aliphatic rings. The second-order valence-corrected chi connectivity index (χ2v) is 1.08. The molecule has 1 heterocycles. The van der Waals surface area contributed by atoms with Gasteiger partial charge < -0.3 is 0 Å². The van der Waals surface area contributed by atoms with E-state index in [0.717, 1.165) is 0 Å². The van der Waals surface area contributed by atoms with E-state index in [4.69, 9.17) is 0 Å². The van der Waals surface area contributed by atoms with Crippen molar-refractivity contribution in [2.75, 3.05) is 6.54 Å². The van der Waals surface area contributed by atoms with Crippen LogP contribution in [0, 0.1) is 0 Å². The molecule has 0 aliphatic carbocycles. The summed E-state index contributed by atoms with van der Waals surface area (Å²) in [4.78, 5) is 9.65. The average Bonchev–Trinajstić information content (AvgIpc) is 2.14. The van der Waals surface area contributed by atoms with Gasteiger partial charge in [-0.1, -0.05) is 5.22 Å². The van der Waals surface area contributed by atoms with Crippen LogP contribution in [0.1, 0.15) is 0 Å². The van der Waals surface area contributed by atoms with Crippen molar-refractivity contribution >= 4 is 5.94 Å². The Bertz CT molecular complexity index is 144. The van der Waals surface area contributed by atoms with Crippen molar-refractivity contribution in [3.8, 4) is 0 Å². The van der Waals surface area contributed by atoms with Crippen molar-refractivity contribution in [2.24, 2.45) is 10.3 Å². The van der Waals surface area contributed by atoms with Crippen LogP contribution in [0.3, 0.4) is 0 Å². The Morgan fingerprint density at radius 1 is 1.86 bits per heavy atom. The summed E-state index contributed by atoms with van der Waals surface area (Å²) in [6.07, 6.45) is 0. The molecule has 36 valence electrons. The van der Waals surface area contributed by atoms with Crippen LogP contribution >= 0.6 is 0 Å². The van der Waals surface area contributed by atoms with Crippen molar-refractivity contribution in [1.82, 2.24) is 5.43 Å². The molecule has 0 aromatic heterocycles. The summed E-state index contributed by atoms with van der Waals surface area (Å²) in [6.45, 7) is 0.420. The summed E-state index contributed by atoms with van der Waals surface area (Å²) in [6, 6.07) is 0. The summed E-state index contributed by atoms with van der Waals surface area (Å²) < 4.78 is 0. The fraction of sp³-hybridized carbons (Fsp3) is 0.333. The first-order valence-corrected chi connectivity index (χ1v) is 1.81. The van der Waals surface area contributed by atoms with Crippen LogP contribution in [0.2, 0.25) is 0 Å². The van der Waals surface area contributed by atoms with Crippen LogP contribution in [0.5, 0.6) is 0 Å². The summed E-state index contributed by atoms with van der Waals surface area (Å²) in [5, 5.41) is 6.67. The molecule has 1 rings (SSSR count). The normalized spacial score (nSPS) is 16.3. The van der Waals surface area contributed by atoms with Gasteiger partial charge in [-0.05, 0) is 0 Å². The highest BCUT2D eigenvalue weighted by molar-refractivity contribution is 5.52. The van der Waals surface area contributed by atoms with Crippen molar-refractivity contribution in [3.63, 3.8) is 0 Å². The Morgan fingerprint density at radius 2 is 2.71 bits per heavy atom. The van der Waals surface area contributed by atoms with Crippen LogP contribution in [0.15, 0.2) is 16.0 Å². The minimum atomic E-state index is 0.333. The van der Waals surface area contributed by atoms with E-state index in [1.807, 2.05) is 0 Å². The lowest BCUT2D eigenvalue weighted by molar-refractivity contribution is 0.566. The van der Waals surface area contributed by atoms with Gasteiger partial charge in [0, 0.05) is 0 Å². The maximum atomic E-state index is 9.65. The second kappa shape index (κ2) is 1.53. The third kappa shape index (κ3) is 0.639. The number of nitrogens with zero attached hydrogens (tertiary/aromatic N) is 2. The standard InChI is InChI=1S/C3H3N3O/c7-2-3-1-4-6-5-3/h1H2,(H,4,5). The van der Waals surface area contributed by atoms with Crippen LogP contribution < -0.4 is 5.43 Å². The average molecular weight is 97.1 g/mol. The molecule has 7 heavy (non-hydrogen) atoms. The Labute approximate surface area is 39.9 Å². The first-order valence-electron chi connectivity index (χ1n) is 1.81. The molecular formula is C3H3N3O. The van der Waals surface area contributed by atoms with Gasteiger partial charge in [-0.15, -0.1) is 5.11 Å². The van der Waals surface area contributed by atoms with E-state index in [2.05, 4.69) is 15.8 Å². The zero-order valence-corrected chi connectivity index (χ0v) is 3.51. The Hall–Kier alpha value is -1.15. The minimum Gasteiger partial charge on any atom is -0.285 e. The molecule has 0 aromatic rings. The van der Waals surface area contributed by atoms with Crippen LogP contribution in [-0.4, -0.2) is 12.5 Å². The summed E-state index contributed by atoms with van der Waals surface area (Å²) >= 11 is 0. The number of carbonyl (C=O) groups excluding carboxylic acids is 1. The molecule has 0 amide bonds. The van der Waals surface area contributed by atoms with E-state index in [0.29, 0.717) is 12.2 Å². The van der Waals surface area contributed by atoms with Gasteiger partial charge >= 0.3 is 0 Å². The molecule has 0 saturated heterocycles. The van der Waals surface area contributed by atoms with Gasteiger partial charge in [-0.3, -0.25) is 5.43 Å². The lowest BCUT2D eigenvalue weighted by Gasteiger charge is -1.74. The van der Waals surface area contributed by atoms with Crippen molar-refractivity contribution in [2.45, 2.75) is 0 Å². The number of nitrogens with one attached hydrogen (secondary N) is 1. The number of hydrogen-bond acceptors (Lipinski definition) is 4. The van der Waals surface area contributed by atoms with E-state index >= 15 is 0 Å². The summed E-state index contributed by atoms with van der Waals surface area (Å²) in [5.41, 5.74) is 2.82. The maximum Gasteiger partial charge on any atom is 0.169 e. The van der Waals surface area contributed by atoms with E-state index < -0.39 is 0 Å². The molecule has 0 saturated carbocycles. The van der Waals surface area contributed by atoms with E-state index in [1.54, 1.807) is 5.94 Å². The van der Waals surface area contributed by atoms with Gasteiger partial charge in [0.25, 0.3) is 0 Å². The predicted octanol–water partition coefficient (Wildman–Crippen LogP) is -0.328. The van der Waals surface area contributed by atoms with Crippen molar-refractivity contribution in [1.29, 1.82) is 0 Å². The fourth-order valence-corrected chi connectivity index (χ4v) is 0.298. The smallest absolute Gasteiger partial charge is 0.169 e. The zero-order chi connectivity index (χ0) is 5.11. The quantitative estimate of drug-likeness (QED) is 0.421. The largest absolute Gasteiger partial charge is 0.285 e. The molecule has 0 bridgehead atoms. The van der Waals surface area contributed by atoms with Gasteiger partial charge in [0.2, 0.25) is 0 Å². The SMILES string of the molecule is O=C=C1CNN=N1. The van der Waals surface area contributed by atoms with Crippen LogP contribution in [0.25, 0.3) is 0 Å². The highest BCUT2D eigenvalue weighted by Crippen LogP contribution is 1.94. The fourth-order valence-electron chi connectivity index (χ4n) is 0.298. The topological polar surface area (TPSA) is 53.8 Å². The molecule has 0 spiro atoms. The predicted molar refractivity (Wildman–Crippen MR) is 22.1 cm³/mol. The van der Waals surface area contributed by atoms with Crippen LogP contribution in [0.4, 0.5) is 0 Å². The molecule has 0 aromatic carbocycles. The molecule has 0 atom stereocenters. The lowest BCUT2D eigenvalue weighted by Crippen LogP contribution is -1.99. The minimum absolute atomic E-state index is 0.333. The third-order valence-electron chi connectivity index (χ3n) is 0.606. The van der Waals surface area contributed by atoms with Gasteiger partial charge in [0.1, 0.15) is 0 Å². The van der Waals surface area contributed by atoms with Gasteiger partial charge in [-0.25, -0.2) is 4.79 Å². The summed E-state index contributed by atoms with van der Waals surface area (Å²) in [7, 11) is 0. The molecule has 0 unspecified atom stereocenters. The third-order valence-corrected chi connectivity index (χ3v) is 0.606. The van der Waals surface area contributed by atoms with Crippen LogP contribution in [-0.2, 0) is 4.79 Å². The summed E-state index contributed by atoms with van der Waals surface area (Å²) in [5.74, 6) is 1.61. The Kier molecular flexibility index (Phi) is 0.880. The van der Waals surface area contributed by atoms with Gasteiger partial charge in [0.05, 0.1) is 6.54 Å². The lowest BCUT2D eigenvalue weighted by atomic mass is 10.5. The highest BCUT2D eigenvalue weighted by Gasteiger charge is 1.98. The molecule has 4 heteroatoms. The van der Waals surface area contributed by atoms with Crippen molar-refractivity contribution < 1.29 is 4.79 Å². The zero-order valence-electron chi connectivity index (χ0n) is 3.51. The van der Waals surface area contributed by atoms with Gasteiger partial charge in [-0.2, -0.15) is 0 Å². The first kappa shape index (κ1) is 4.02. The second-order valence-electron chi connectivity index (χ2n) is 1.08. The first-order chi connectivity index (χ1) is 3.43. The Balaban J connectivity index is 2.77. The molecule has 4 nitrogen and oxygen atoms in total. The monoisotopic (exact) mass is 97.0 g/mol. The molecule has 1 N–H and O–H groups in total. The van der Waals surface area contributed by atoms with E-state index in [1.165, 1.54) is 0 Å². The Morgan fingerprint density at radius 3 is 3.00 bits per heavy atom. The number of rotatable bonds is 0. The molecular weight excluding hydrogens is 94.1 g/mol. The van der Waals surface area contributed by atoms with Crippen molar-refractivity contribution in [3.05, 3.63) is 5.70 Å².